The molecule has 1 saturated heterocycles. The molecule has 0 aromatic heterocycles. The number of carbonyl (C=O) groups excluding carboxylic acids is 2. The minimum absolute atomic E-state index is 0.0522. The number of aliphatic hydroxyl groups is 1. The topological polar surface area (TPSA) is 60.9 Å². The summed E-state index contributed by atoms with van der Waals surface area (Å²) in [6.07, 6.45) is 0.470. The Balaban J connectivity index is 1.91. The number of hydrogen-bond donors (Lipinski definition) is 1. The lowest BCUT2D eigenvalue weighted by Gasteiger charge is -2.36. The highest BCUT2D eigenvalue weighted by Gasteiger charge is 2.68. The summed E-state index contributed by atoms with van der Waals surface area (Å²) in [5.41, 5.74) is -0.695. The molecule has 2 rings (SSSR count). The van der Waals surface area contributed by atoms with Crippen LogP contribution in [0.4, 0.5) is 0 Å². The van der Waals surface area contributed by atoms with Gasteiger partial charge in [-0.1, -0.05) is 0 Å². The van der Waals surface area contributed by atoms with Crippen molar-refractivity contribution in [1.82, 2.24) is 9.80 Å². The molecule has 0 spiro atoms. The Morgan fingerprint density at radius 2 is 1.61 bits per heavy atom. The average Bonchev–Trinajstić information content (AvgIpc) is 2.88. The van der Waals surface area contributed by atoms with Crippen molar-refractivity contribution < 1.29 is 14.7 Å². The molecule has 0 radical (unpaired) electrons. The maximum atomic E-state index is 12.2. The summed E-state index contributed by atoms with van der Waals surface area (Å²) in [6, 6.07) is 0. The van der Waals surface area contributed by atoms with Crippen LogP contribution in [0.25, 0.3) is 0 Å². The minimum Gasteiger partial charge on any atom is -0.387 e. The highest BCUT2D eigenvalue weighted by Crippen LogP contribution is 2.64. The number of rotatable bonds is 2. The van der Waals surface area contributed by atoms with Crippen molar-refractivity contribution in [3.05, 3.63) is 0 Å². The standard InChI is InChI=1S/C11H16Cl2N2O3/c1-10(7-11(10,12)13)9(18)15-4-2-14(3-5-15)8(17)6-16/h16H,2-7H2,1H3. The molecule has 2 aliphatic rings. The van der Waals surface area contributed by atoms with E-state index < -0.39 is 16.4 Å². The van der Waals surface area contributed by atoms with Gasteiger partial charge in [0.05, 0.1) is 5.41 Å². The van der Waals surface area contributed by atoms with E-state index in [0.29, 0.717) is 32.6 Å². The van der Waals surface area contributed by atoms with Crippen LogP contribution in [0.5, 0.6) is 0 Å². The molecule has 0 bridgehead atoms. The summed E-state index contributed by atoms with van der Waals surface area (Å²) in [4.78, 5) is 26.8. The summed E-state index contributed by atoms with van der Waals surface area (Å²) >= 11 is 12.0. The first-order valence-corrected chi connectivity index (χ1v) is 6.63. The third-order valence-corrected chi connectivity index (χ3v) is 4.89. The molecule has 18 heavy (non-hydrogen) atoms. The van der Waals surface area contributed by atoms with Crippen LogP contribution in [0.1, 0.15) is 13.3 Å². The minimum atomic E-state index is -0.956. The zero-order valence-corrected chi connectivity index (χ0v) is 11.7. The molecule has 0 aromatic carbocycles. The number of piperazine rings is 1. The quantitative estimate of drug-likeness (QED) is 0.742. The lowest BCUT2D eigenvalue weighted by Crippen LogP contribution is -2.53. The van der Waals surface area contributed by atoms with E-state index in [1.807, 2.05) is 0 Å². The van der Waals surface area contributed by atoms with Gasteiger partial charge >= 0.3 is 0 Å². The fraction of sp³-hybridized carbons (Fsp3) is 0.818. The fourth-order valence-electron chi connectivity index (χ4n) is 2.24. The Morgan fingerprint density at radius 1 is 1.17 bits per heavy atom. The van der Waals surface area contributed by atoms with Gasteiger partial charge in [0, 0.05) is 26.2 Å². The Labute approximate surface area is 116 Å². The average molecular weight is 295 g/mol. The van der Waals surface area contributed by atoms with Crippen LogP contribution in [-0.2, 0) is 9.59 Å². The number of alkyl halides is 2. The first-order valence-electron chi connectivity index (χ1n) is 5.88. The second-order valence-electron chi connectivity index (χ2n) is 5.04. The van der Waals surface area contributed by atoms with Crippen LogP contribution in [0.15, 0.2) is 0 Å². The molecular weight excluding hydrogens is 279 g/mol. The Kier molecular flexibility index (Phi) is 3.51. The van der Waals surface area contributed by atoms with Gasteiger partial charge in [-0.25, -0.2) is 0 Å². The molecule has 1 heterocycles. The number of aliphatic hydroxyl groups excluding tert-OH is 1. The molecule has 7 heteroatoms. The van der Waals surface area contributed by atoms with Gasteiger partial charge in [0.15, 0.2) is 0 Å². The van der Waals surface area contributed by atoms with Gasteiger partial charge < -0.3 is 14.9 Å². The van der Waals surface area contributed by atoms with E-state index in [-0.39, 0.29) is 11.8 Å². The Hall–Kier alpha value is -0.520. The summed E-state index contributed by atoms with van der Waals surface area (Å²) in [7, 11) is 0. The first-order chi connectivity index (χ1) is 8.32. The lowest BCUT2D eigenvalue weighted by molar-refractivity contribution is -0.143. The number of nitrogens with zero attached hydrogens (tertiary/aromatic N) is 2. The van der Waals surface area contributed by atoms with E-state index in [1.54, 1.807) is 16.7 Å². The van der Waals surface area contributed by atoms with Crippen molar-refractivity contribution in [2.24, 2.45) is 5.41 Å². The maximum Gasteiger partial charge on any atom is 0.248 e. The van der Waals surface area contributed by atoms with Gasteiger partial charge in [0.25, 0.3) is 0 Å². The molecule has 2 amide bonds. The third kappa shape index (κ3) is 2.19. The molecule has 5 nitrogen and oxygen atoms in total. The number of halogens is 2. The normalized spacial score (nSPS) is 30.2. The summed E-state index contributed by atoms with van der Waals surface area (Å²) in [6.45, 7) is 3.09. The predicted octanol–water partition coefficient (Wildman–Crippen LogP) is 0.233. The highest BCUT2D eigenvalue weighted by molar-refractivity contribution is 6.53. The largest absolute Gasteiger partial charge is 0.387 e. The van der Waals surface area contributed by atoms with Gasteiger partial charge in [-0.2, -0.15) is 0 Å². The van der Waals surface area contributed by atoms with Crippen LogP contribution >= 0.6 is 23.2 Å². The lowest BCUT2D eigenvalue weighted by atomic mass is 10.1. The first kappa shape index (κ1) is 13.9. The van der Waals surface area contributed by atoms with Crippen molar-refractivity contribution >= 4 is 35.0 Å². The van der Waals surface area contributed by atoms with Crippen molar-refractivity contribution in [3.63, 3.8) is 0 Å². The van der Waals surface area contributed by atoms with Gasteiger partial charge in [-0.3, -0.25) is 9.59 Å². The Morgan fingerprint density at radius 3 is 2.00 bits per heavy atom. The molecule has 1 aliphatic carbocycles. The van der Waals surface area contributed by atoms with Gasteiger partial charge in [0.2, 0.25) is 11.8 Å². The monoisotopic (exact) mass is 294 g/mol. The highest BCUT2D eigenvalue weighted by atomic mass is 35.5. The molecule has 2 fully saturated rings. The summed E-state index contributed by atoms with van der Waals surface area (Å²) < 4.78 is -0.956. The van der Waals surface area contributed by atoms with Crippen LogP contribution in [0.2, 0.25) is 0 Å². The fourth-order valence-corrected chi connectivity index (χ4v) is 2.94. The van der Waals surface area contributed by atoms with Crippen molar-refractivity contribution in [1.29, 1.82) is 0 Å². The molecule has 0 aromatic rings. The zero-order valence-electron chi connectivity index (χ0n) is 10.2. The second kappa shape index (κ2) is 4.54. The van der Waals surface area contributed by atoms with Crippen molar-refractivity contribution in [2.45, 2.75) is 17.7 Å². The number of carbonyl (C=O) groups is 2. The van der Waals surface area contributed by atoms with E-state index in [0.717, 1.165) is 0 Å². The molecule has 1 aliphatic heterocycles. The third-order valence-electron chi connectivity index (χ3n) is 3.78. The van der Waals surface area contributed by atoms with Gasteiger partial charge in [0.1, 0.15) is 10.9 Å². The van der Waals surface area contributed by atoms with E-state index in [4.69, 9.17) is 28.3 Å². The van der Waals surface area contributed by atoms with Gasteiger partial charge in [-0.15, -0.1) is 23.2 Å². The van der Waals surface area contributed by atoms with Crippen molar-refractivity contribution in [2.75, 3.05) is 32.8 Å². The van der Waals surface area contributed by atoms with Crippen LogP contribution < -0.4 is 0 Å². The van der Waals surface area contributed by atoms with E-state index in [2.05, 4.69) is 0 Å². The SMILES string of the molecule is CC1(C(=O)N2CCN(C(=O)CO)CC2)CC1(Cl)Cl. The maximum absolute atomic E-state index is 12.2. The van der Waals surface area contributed by atoms with Crippen LogP contribution in [0.3, 0.4) is 0 Å². The van der Waals surface area contributed by atoms with E-state index >= 15 is 0 Å². The van der Waals surface area contributed by atoms with E-state index in [1.165, 1.54) is 0 Å². The van der Waals surface area contributed by atoms with Crippen LogP contribution in [-0.4, -0.2) is 63.8 Å². The molecule has 102 valence electrons. The van der Waals surface area contributed by atoms with E-state index in [9.17, 15) is 9.59 Å². The molecule has 1 saturated carbocycles. The van der Waals surface area contributed by atoms with Gasteiger partial charge in [-0.05, 0) is 13.3 Å². The van der Waals surface area contributed by atoms with Crippen molar-refractivity contribution in [3.8, 4) is 0 Å². The molecule has 1 unspecified atom stereocenters. The summed E-state index contributed by atoms with van der Waals surface area (Å²) in [5.74, 6) is -0.354. The van der Waals surface area contributed by atoms with Crippen LogP contribution in [0, 0.1) is 5.41 Å². The summed E-state index contributed by atoms with van der Waals surface area (Å²) in [5, 5.41) is 8.76. The molecule has 1 N–H and O–H groups in total. The predicted molar refractivity (Wildman–Crippen MR) is 67.4 cm³/mol. The smallest absolute Gasteiger partial charge is 0.248 e. The molecule has 1 atom stereocenters. The second-order valence-corrected chi connectivity index (χ2v) is 6.53. The molecular formula is C11H16Cl2N2O3. The number of hydrogen-bond acceptors (Lipinski definition) is 3. The Bertz CT molecular complexity index is 380. The zero-order chi connectivity index (χ0) is 13.6. The number of amides is 2.